The molecule has 0 bridgehead atoms. The van der Waals surface area contributed by atoms with E-state index < -0.39 is 0 Å². The van der Waals surface area contributed by atoms with E-state index in [0.717, 1.165) is 31.7 Å². The zero-order chi connectivity index (χ0) is 13.5. The second kappa shape index (κ2) is 6.95. The van der Waals surface area contributed by atoms with Gasteiger partial charge in [-0.15, -0.1) is 0 Å². The highest BCUT2D eigenvalue weighted by atomic mass is 16.5. The normalized spacial score (nSPS) is 16.8. The number of rotatable bonds is 5. The summed E-state index contributed by atoms with van der Waals surface area (Å²) >= 11 is 0. The highest BCUT2D eigenvalue weighted by Gasteiger charge is 2.18. The summed E-state index contributed by atoms with van der Waals surface area (Å²) in [5.41, 5.74) is 0. The third kappa shape index (κ3) is 4.11. The number of piperidine rings is 1. The first-order valence-corrected chi connectivity index (χ1v) is 6.77. The molecule has 1 fully saturated rings. The smallest absolute Gasteiger partial charge is 0.215 e. The molecule has 2 heterocycles. The Morgan fingerprint density at radius 3 is 2.95 bits per heavy atom. The van der Waals surface area contributed by atoms with E-state index in [2.05, 4.69) is 21.3 Å². The summed E-state index contributed by atoms with van der Waals surface area (Å²) in [7, 11) is 0. The van der Waals surface area contributed by atoms with Crippen LogP contribution in [0.5, 0.6) is 5.88 Å². The van der Waals surface area contributed by atoms with Gasteiger partial charge < -0.3 is 10.1 Å². The van der Waals surface area contributed by atoms with Crippen molar-refractivity contribution in [3.63, 3.8) is 0 Å². The Bertz CT molecular complexity index is 435. The molecule has 1 aliphatic rings. The summed E-state index contributed by atoms with van der Waals surface area (Å²) in [6, 6.07) is 8.41. The first-order valence-electron chi connectivity index (χ1n) is 6.77. The molecule has 1 saturated heterocycles. The van der Waals surface area contributed by atoms with E-state index in [1.54, 1.807) is 0 Å². The number of pyridine rings is 1. The minimum atomic E-state index is 0.430. The number of nitrogens with zero attached hydrogens (tertiary/aromatic N) is 3. The van der Waals surface area contributed by atoms with Gasteiger partial charge in [-0.25, -0.2) is 0 Å². The van der Waals surface area contributed by atoms with Crippen molar-refractivity contribution in [2.75, 3.05) is 31.6 Å². The highest BCUT2D eigenvalue weighted by molar-refractivity contribution is 5.38. The van der Waals surface area contributed by atoms with Gasteiger partial charge in [0.2, 0.25) is 5.88 Å². The van der Waals surface area contributed by atoms with Crippen molar-refractivity contribution in [2.45, 2.75) is 25.8 Å². The Morgan fingerprint density at radius 2 is 2.26 bits per heavy atom. The van der Waals surface area contributed by atoms with Crippen molar-refractivity contribution in [2.24, 2.45) is 0 Å². The van der Waals surface area contributed by atoms with Crippen LogP contribution in [0, 0.1) is 11.3 Å². The van der Waals surface area contributed by atoms with Crippen molar-refractivity contribution < 1.29 is 4.74 Å². The number of likely N-dealkylation sites (tertiary alicyclic amines) is 1. The number of nitrogens with one attached hydrogen (secondary N) is 1. The lowest BCUT2D eigenvalue weighted by molar-refractivity contribution is 0.242. The zero-order valence-corrected chi connectivity index (χ0v) is 11.3. The van der Waals surface area contributed by atoms with Crippen LogP contribution in [0.4, 0.5) is 5.82 Å². The molecule has 5 nitrogen and oxygen atoms in total. The molecule has 0 spiro atoms. The summed E-state index contributed by atoms with van der Waals surface area (Å²) in [5.74, 6) is 1.53. The summed E-state index contributed by atoms with van der Waals surface area (Å²) < 4.78 is 5.39. The van der Waals surface area contributed by atoms with Gasteiger partial charge in [-0.3, -0.25) is 4.90 Å². The quantitative estimate of drug-likeness (QED) is 0.819. The van der Waals surface area contributed by atoms with E-state index in [1.807, 2.05) is 25.1 Å². The number of hydrogen-bond donors (Lipinski definition) is 1. The van der Waals surface area contributed by atoms with Crippen LogP contribution in [0.25, 0.3) is 0 Å². The monoisotopic (exact) mass is 260 g/mol. The zero-order valence-electron chi connectivity index (χ0n) is 11.3. The van der Waals surface area contributed by atoms with Gasteiger partial charge in [0.1, 0.15) is 5.82 Å². The van der Waals surface area contributed by atoms with Crippen LogP contribution in [-0.4, -0.2) is 42.2 Å². The van der Waals surface area contributed by atoms with Crippen LogP contribution in [0.15, 0.2) is 18.2 Å². The molecule has 1 aromatic heterocycles. The topological polar surface area (TPSA) is 61.2 Å². The predicted molar refractivity (Wildman–Crippen MR) is 74.1 cm³/mol. The average molecular weight is 260 g/mol. The number of anilines is 1. The van der Waals surface area contributed by atoms with Crippen LogP contribution in [0.1, 0.15) is 19.8 Å². The van der Waals surface area contributed by atoms with E-state index in [0.29, 0.717) is 25.1 Å². The molecule has 0 amide bonds. The van der Waals surface area contributed by atoms with Gasteiger partial charge in [0.15, 0.2) is 0 Å². The minimum Gasteiger partial charge on any atom is -0.478 e. The molecule has 2 rings (SSSR count). The largest absolute Gasteiger partial charge is 0.478 e. The number of aromatic nitrogens is 1. The summed E-state index contributed by atoms with van der Waals surface area (Å²) in [6.45, 7) is 5.05. The summed E-state index contributed by atoms with van der Waals surface area (Å²) in [6.07, 6.45) is 2.09. The molecule has 1 N–H and O–H groups in total. The van der Waals surface area contributed by atoms with Crippen molar-refractivity contribution >= 4 is 5.82 Å². The molecular formula is C14H20N4O. The van der Waals surface area contributed by atoms with Gasteiger partial charge in [-0.2, -0.15) is 10.2 Å². The van der Waals surface area contributed by atoms with Crippen molar-refractivity contribution in [1.29, 1.82) is 5.26 Å². The fraction of sp³-hybridized carbons (Fsp3) is 0.571. The molecule has 5 heteroatoms. The first kappa shape index (κ1) is 13.6. The summed E-state index contributed by atoms with van der Waals surface area (Å²) in [5, 5.41) is 12.1. The average Bonchev–Trinajstić information content (AvgIpc) is 2.42. The van der Waals surface area contributed by atoms with Crippen LogP contribution in [0.2, 0.25) is 0 Å². The lowest BCUT2D eigenvalue weighted by Gasteiger charge is -2.30. The Morgan fingerprint density at radius 1 is 1.47 bits per heavy atom. The Hall–Kier alpha value is -1.80. The van der Waals surface area contributed by atoms with Crippen molar-refractivity contribution in [3.8, 4) is 11.9 Å². The Kier molecular flexibility index (Phi) is 4.99. The molecule has 1 aromatic rings. The molecule has 0 aliphatic carbocycles. The second-order valence-electron chi connectivity index (χ2n) is 4.65. The molecule has 0 aromatic carbocycles. The van der Waals surface area contributed by atoms with Crippen molar-refractivity contribution in [3.05, 3.63) is 18.2 Å². The Balaban J connectivity index is 1.85. The lowest BCUT2D eigenvalue weighted by Crippen LogP contribution is -2.39. The molecule has 0 saturated carbocycles. The van der Waals surface area contributed by atoms with Gasteiger partial charge >= 0.3 is 0 Å². The highest BCUT2D eigenvalue weighted by Crippen LogP contribution is 2.17. The molecule has 0 atom stereocenters. The molecule has 1 aliphatic heterocycles. The van der Waals surface area contributed by atoms with E-state index >= 15 is 0 Å². The number of hydrogen-bond acceptors (Lipinski definition) is 5. The van der Waals surface area contributed by atoms with Gasteiger partial charge in [0.25, 0.3) is 0 Å². The maximum Gasteiger partial charge on any atom is 0.215 e. The first-order chi connectivity index (χ1) is 9.31. The van der Waals surface area contributed by atoms with Gasteiger partial charge in [0.05, 0.1) is 19.2 Å². The standard InChI is InChI=1S/C14H20N4O/c1-2-19-14-5-3-4-13(17-14)16-12-6-9-18(10-7-12)11-8-15/h3-5,12H,2,6-7,9-11H2,1H3,(H,16,17). The fourth-order valence-corrected chi connectivity index (χ4v) is 2.27. The maximum absolute atomic E-state index is 8.67. The third-order valence-corrected chi connectivity index (χ3v) is 3.25. The predicted octanol–water partition coefficient (Wildman–Crippen LogP) is 1.88. The van der Waals surface area contributed by atoms with Gasteiger partial charge in [-0.05, 0) is 25.8 Å². The SMILES string of the molecule is CCOc1cccc(NC2CCN(CC#N)CC2)n1. The number of ether oxygens (including phenoxy) is 1. The molecule has 19 heavy (non-hydrogen) atoms. The second-order valence-corrected chi connectivity index (χ2v) is 4.65. The third-order valence-electron chi connectivity index (χ3n) is 3.25. The van der Waals surface area contributed by atoms with Crippen molar-refractivity contribution in [1.82, 2.24) is 9.88 Å². The van der Waals surface area contributed by atoms with Crippen LogP contribution < -0.4 is 10.1 Å². The molecular weight excluding hydrogens is 240 g/mol. The van der Waals surface area contributed by atoms with E-state index in [4.69, 9.17) is 10.00 Å². The molecule has 102 valence electrons. The lowest BCUT2D eigenvalue weighted by atomic mass is 10.1. The molecule has 0 unspecified atom stereocenters. The van der Waals surface area contributed by atoms with E-state index in [1.165, 1.54) is 0 Å². The number of nitriles is 1. The maximum atomic E-state index is 8.67. The van der Waals surface area contributed by atoms with Crippen LogP contribution in [-0.2, 0) is 0 Å². The van der Waals surface area contributed by atoms with E-state index in [-0.39, 0.29) is 0 Å². The fourth-order valence-electron chi connectivity index (χ4n) is 2.27. The van der Waals surface area contributed by atoms with E-state index in [9.17, 15) is 0 Å². The van der Waals surface area contributed by atoms with Gasteiger partial charge in [0, 0.05) is 25.2 Å². The van der Waals surface area contributed by atoms with Gasteiger partial charge in [-0.1, -0.05) is 6.07 Å². The Labute approximate surface area is 114 Å². The van der Waals surface area contributed by atoms with Crippen LogP contribution >= 0.6 is 0 Å². The molecule has 0 radical (unpaired) electrons. The summed E-state index contributed by atoms with van der Waals surface area (Å²) in [4.78, 5) is 6.60. The minimum absolute atomic E-state index is 0.430. The van der Waals surface area contributed by atoms with Crippen LogP contribution in [0.3, 0.4) is 0 Å².